The van der Waals surface area contributed by atoms with Gasteiger partial charge >= 0.3 is 5.63 Å². The summed E-state index contributed by atoms with van der Waals surface area (Å²) in [4.78, 5) is 26.5. The zero-order valence-electron chi connectivity index (χ0n) is 16.9. The number of rotatable bonds is 3. The zero-order valence-corrected chi connectivity index (χ0v) is 16.9. The number of imidazole rings is 1. The first-order valence-corrected chi connectivity index (χ1v) is 10.5. The maximum absolute atomic E-state index is 12.7. The Balaban J connectivity index is 1.32. The maximum Gasteiger partial charge on any atom is 0.345 e. The second kappa shape index (κ2) is 6.67. The van der Waals surface area contributed by atoms with Gasteiger partial charge in [-0.15, -0.1) is 0 Å². The highest BCUT2D eigenvalue weighted by atomic mass is 16.4. The van der Waals surface area contributed by atoms with Crippen molar-refractivity contribution in [1.29, 1.82) is 0 Å². The van der Waals surface area contributed by atoms with Crippen LogP contribution in [-0.4, -0.2) is 51.5 Å². The van der Waals surface area contributed by atoms with Crippen LogP contribution in [0.15, 0.2) is 52.1 Å². The van der Waals surface area contributed by atoms with E-state index in [9.17, 15) is 4.79 Å². The molecule has 7 heteroatoms. The molecule has 2 aliphatic rings. The zero-order chi connectivity index (χ0) is 20.2. The van der Waals surface area contributed by atoms with Crippen LogP contribution in [0, 0.1) is 6.92 Å². The van der Waals surface area contributed by atoms with Gasteiger partial charge in [-0.3, -0.25) is 9.88 Å². The average molecular weight is 401 g/mol. The molecule has 0 atom stereocenters. The molecular formula is C23H23N5O2. The van der Waals surface area contributed by atoms with Gasteiger partial charge in [0, 0.05) is 61.8 Å². The van der Waals surface area contributed by atoms with Gasteiger partial charge in [0.1, 0.15) is 5.58 Å². The van der Waals surface area contributed by atoms with E-state index in [1.54, 1.807) is 6.20 Å². The van der Waals surface area contributed by atoms with Crippen LogP contribution >= 0.6 is 0 Å². The van der Waals surface area contributed by atoms with Crippen molar-refractivity contribution in [3.05, 3.63) is 59.0 Å². The molecule has 4 aromatic rings. The van der Waals surface area contributed by atoms with Crippen LogP contribution in [0.25, 0.3) is 27.9 Å². The van der Waals surface area contributed by atoms with Crippen molar-refractivity contribution in [2.24, 2.45) is 0 Å². The lowest BCUT2D eigenvalue weighted by molar-refractivity contribution is 0.248. The molecule has 7 nitrogen and oxygen atoms in total. The van der Waals surface area contributed by atoms with E-state index in [1.165, 1.54) is 12.8 Å². The van der Waals surface area contributed by atoms with Gasteiger partial charge in [-0.1, -0.05) is 0 Å². The summed E-state index contributed by atoms with van der Waals surface area (Å²) in [6.45, 7) is 6.16. The Morgan fingerprint density at radius 2 is 1.90 bits per heavy atom. The molecule has 0 N–H and O–H groups in total. The lowest BCUT2D eigenvalue weighted by Crippen LogP contribution is -2.47. The highest BCUT2D eigenvalue weighted by Gasteiger charge is 2.31. The van der Waals surface area contributed by atoms with E-state index in [-0.39, 0.29) is 5.63 Å². The SMILES string of the molecule is Cc1cn2cc(-c3cc4ccc(N5CCN(C6CC6)CC5)cc4oc3=O)nc2cn1. The summed E-state index contributed by atoms with van der Waals surface area (Å²) in [7, 11) is 0. The fraction of sp³-hybridized carbons (Fsp3) is 0.348. The number of anilines is 1. The standard InChI is InChI=1S/C23H23N5O2/c1-15-13-28-14-20(25-22(28)12-24-15)19-10-16-2-3-18(11-21(16)30-23(19)29)27-8-6-26(7-9-27)17-4-5-17/h2-3,10-14,17H,4-9H2,1H3. The van der Waals surface area contributed by atoms with Gasteiger partial charge in [-0.2, -0.15) is 0 Å². The quantitative estimate of drug-likeness (QED) is 0.492. The first kappa shape index (κ1) is 17.7. The molecule has 30 heavy (non-hydrogen) atoms. The minimum absolute atomic E-state index is 0.369. The Morgan fingerprint density at radius 3 is 2.70 bits per heavy atom. The molecule has 0 bridgehead atoms. The third-order valence-electron chi connectivity index (χ3n) is 6.21. The summed E-state index contributed by atoms with van der Waals surface area (Å²) in [6, 6.07) is 8.84. The van der Waals surface area contributed by atoms with Gasteiger partial charge in [0.15, 0.2) is 5.65 Å². The van der Waals surface area contributed by atoms with Crippen LogP contribution < -0.4 is 10.5 Å². The molecule has 3 aromatic heterocycles. The Labute approximate surface area is 173 Å². The number of hydrogen-bond acceptors (Lipinski definition) is 6. The summed E-state index contributed by atoms with van der Waals surface area (Å²) in [5, 5.41) is 0.899. The minimum atomic E-state index is -0.369. The number of aryl methyl sites for hydroxylation is 1. The van der Waals surface area contributed by atoms with Crippen molar-refractivity contribution < 1.29 is 4.42 Å². The molecule has 6 rings (SSSR count). The van der Waals surface area contributed by atoms with Crippen molar-refractivity contribution in [3.8, 4) is 11.3 Å². The fourth-order valence-corrected chi connectivity index (χ4v) is 4.39. The number of fused-ring (bicyclic) bond motifs is 2. The third kappa shape index (κ3) is 3.06. The smallest absolute Gasteiger partial charge is 0.345 e. The van der Waals surface area contributed by atoms with Gasteiger partial charge in [-0.05, 0) is 38.0 Å². The molecule has 0 amide bonds. The molecule has 1 saturated carbocycles. The molecule has 1 saturated heterocycles. The molecule has 0 spiro atoms. The summed E-state index contributed by atoms with van der Waals surface area (Å²) in [5.41, 5.74) is 4.02. The summed E-state index contributed by atoms with van der Waals surface area (Å²) < 4.78 is 7.59. The van der Waals surface area contributed by atoms with E-state index in [1.807, 2.05) is 41.9 Å². The molecule has 0 unspecified atom stereocenters. The van der Waals surface area contributed by atoms with E-state index in [0.717, 1.165) is 49.0 Å². The van der Waals surface area contributed by atoms with Crippen molar-refractivity contribution in [3.63, 3.8) is 0 Å². The lowest BCUT2D eigenvalue weighted by Gasteiger charge is -2.36. The molecule has 0 radical (unpaired) electrons. The second-order valence-electron chi connectivity index (χ2n) is 8.34. The van der Waals surface area contributed by atoms with Gasteiger partial charge < -0.3 is 13.7 Å². The van der Waals surface area contributed by atoms with E-state index < -0.39 is 0 Å². The molecule has 1 aromatic carbocycles. The Morgan fingerprint density at radius 1 is 1.07 bits per heavy atom. The number of aromatic nitrogens is 3. The van der Waals surface area contributed by atoms with Gasteiger partial charge in [0.2, 0.25) is 0 Å². The number of piperazine rings is 1. The largest absolute Gasteiger partial charge is 0.422 e. The number of benzene rings is 1. The monoisotopic (exact) mass is 401 g/mol. The highest BCUT2D eigenvalue weighted by molar-refractivity contribution is 5.84. The van der Waals surface area contributed by atoms with Crippen LogP contribution in [0.3, 0.4) is 0 Å². The topological polar surface area (TPSA) is 66.9 Å². The van der Waals surface area contributed by atoms with Crippen LogP contribution in [0.1, 0.15) is 18.5 Å². The Hall–Kier alpha value is -3.19. The molecule has 152 valence electrons. The molecule has 2 fully saturated rings. The predicted molar refractivity (Wildman–Crippen MR) is 116 cm³/mol. The normalized spacial score (nSPS) is 17.8. The Bertz CT molecular complexity index is 1310. The highest BCUT2D eigenvalue weighted by Crippen LogP contribution is 2.30. The van der Waals surface area contributed by atoms with E-state index >= 15 is 0 Å². The summed E-state index contributed by atoms with van der Waals surface area (Å²) in [5.74, 6) is 0. The second-order valence-corrected chi connectivity index (χ2v) is 8.34. The molecule has 1 aliphatic heterocycles. The van der Waals surface area contributed by atoms with E-state index in [2.05, 4.69) is 25.8 Å². The van der Waals surface area contributed by atoms with Gasteiger partial charge in [0.25, 0.3) is 0 Å². The summed E-state index contributed by atoms with van der Waals surface area (Å²) >= 11 is 0. The van der Waals surface area contributed by atoms with Crippen molar-refractivity contribution in [1.82, 2.24) is 19.3 Å². The molecule has 4 heterocycles. The van der Waals surface area contributed by atoms with E-state index in [4.69, 9.17) is 4.42 Å². The number of hydrogen-bond donors (Lipinski definition) is 0. The average Bonchev–Trinajstić information content (AvgIpc) is 3.52. The molecular weight excluding hydrogens is 378 g/mol. The van der Waals surface area contributed by atoms with Crippen LogP contribution in [-0.2, 0) is 0 Å². The van der Waals surface area contributed by atoms with Crippen LogP contribution in [0.5, 0.6) is 0 Å². The first-order chi connectivity index (χ1) is 14.6. The Kier molecular flexibility index (Phi) is 3.92. The minimum Gasteiger partial charge on any atom is -0.422 e. The van der Waals surface area contributed by atoms with Crippen LogP contribution in [0.2, 0.25) is 0 Å². The van der Waals surface area contributed by atoms with Crippen molar-refractivity contribution in [2.75, 3.05) is 31.1 Å². The van der Waals surface area contributed by atoms with Crippen molar-refractivity contribution in [2.45, 2.75) is 25.8 Å². The first-order valence-electron chi connectivity index (χ1n) is 10.5. The predicted octanol–water partition coefficient (Wildman–Crippen LogP) is 3.10. The van der Waals surface area contributed by atoms with Crippen LogP contribution in [0.4, 0.5) is 5.69 Å². The van der Waals surface area contributed by atoms with Gasteiger partial charge in [-0.25, -0.2) is 9.78 Å². The number of nitrogens with zero attached hydrogens (tertiary/aromatic N) is 5. The molecule has 1 aliphatic carbocycles. The van der Waals surface area contributed by atoms with Gasteiger partial charge in [0.05, 0.1) is 23.1 Å². The maximum atomic E-state index is 12.7. The van der Waals surface area contributed by atoms with E-state index in [0.29, 0.717) is 22.5 Å². The third-order valence-corrected chi connectivity index (χ3v) is 6.21. The van der Waals surface area contributed by atoms with Crippen molar-refractivity contribution >= 4 is 22.3 Å². The summed E-state index contributed by atoms with van der Waals surface area (Å²) in [6.07, 6.45) is 8.15. The fourth-order valence-electron chi connectivity index (χ4n) is 4.39. The lowest BCUT2D eigenvalue weighted by atomic mass is 10.1.